The van der Waals surface area contributed by atoms with Gasteiger partial charge in [-0.1, -0.05) is 23.5 Å². The van der Waals surface area contributed by atoms with Gasteiger partial charge in [-0.05, 0) is 56.0 Å². The van der Waals surface area contributed by atoms with Gasteiger partial charge in [0.2, 0.25) is 10.3 Å². The molecule has 0 spiro atoms. The summed E-state index contributed by atoms with van der Waals surface area (Å²) in [6, 6.07) is 10.8. The molecule has 2 aliphatic rings. The van der Waals surface area contributed by atoms with Gasteiger partial charge in [-0.2, -0.15) is 0 Å². The zero-order chi connectivity index (χ0) is 23.7. The fourth-order valence-electron chi connectivity index (χ4n) is 4.94. The summed E-state index contributed by atoms with van der Waals surface area (Å²) in [5.41, 5.74) is 5.30. The number of aryl methyl sites for hydroxylation is 1. The van der Waals surface area contributed by atoms with Crippen molar-refractivity contribution in [2.45, 2.75) is 33.2 Å². The molecule has 3 aromatic rings. The number of hydrogen-bond donors (Lipinski definition) is 1. The molecule has 0 radical (unpaired) electrons. The van der Waals surface area contributed by atoms with Crippen molar-refractivity contribution in [1.29, 1.82) is 0 Å². The van der Waals surface area contributed by atoms with E-state index in [4.69, 9.17) is 0 Å². The van der Waals surface area contributed by atoms with Crippen molar-refractivity contribution >= 4 is 28.1 Å². The molecular formula is C25H32N6O2S. The first-order valence-electron chi connectivity index (χ1n) is 12.0. The summed E-state index contributed by atoms with van der Waals surface area (Å²) in [5, 5.41) is 19.8. The molecular weight excluding hydrogens is 448 g/mol. The average Bonchev–Trinajstić information content (AvgIpc) is 3.51. The molecule has 0 bridgehead atoms. The van der Waals surface area contributed by atoms with Crippen molar-refractivity contribution in [1.82, 2.24) is 19.7 Å². The Bertz CT molecular complexity index is 1140. The van der Waals surface area contributed by atoms with Gasteiger partial charge in [0.05, 0.1) is 5.92 Å². The molecule has 2 fully saturated rings. The van der Waals surface area contributed by atoms with Gasteiger partial charge in [-0.15, -0.1) is 10.2 Å². The maximum Gasteiger partial charge on any atom is 0.306 e. The molecule has 0 atom stereocenters. The lowest BCUT2D eigenvalue weighted by Crippen LogP contribution is -2.46. The Morgan fingerprint density at radius 3 is 2.44 bits per heavy atom. The molecule has 1 N–H and O–H groups in total. The molecule has 9 heteroatoms. The van der Waals surface area contributed by atoms with Crippen LogP contribution >= 0.6 is 11.3 Å². The summed E-state index contributed by atoms with van der Waals surface area (Å²) in [7, 11) is 0. The number of carboxylic acid groups (broad SMARTS) is 1. The summed E-state index contributed by atoms with van der Waals surface area (Å²) in [5.74, 6) is -0.931. The minimum Gasteiger partial charge on any atom is -0.481 e. The largest absolute Gasteiger partial charge is 0.481 e. The summed E-state index contributed by atoms with van der Waals surface area (Å²) < 4.78 is 2.14. The summed E-state index contributed by atoms with van der Waals surface area (Å²) in [6.45, 7) is 10.8. The molecule has 0 saturated carbocycles. The van der Waals surface area contributed by atoms with Gasteiger partial charge < -0.3 is 14.9 Å². The van der Waals surface area contributed by atoms with Crippen molar-refractivity contribution in [3.05, 3.63) is 53.3 Å². The van der Waals surface area contributed by atoms with Crippen LogP contribution in [0.5, 0.6) is 0 Å². The van der Waals surface area contributed by atoms with E-state index in [9.17, 15) is 9.90 Å². The molecule has 0 unspecified atom stereocenters. The van der Waals surface area contributed by atoms with Gasteiger partial charge in [0.15, 0.2) is 0 Å². The number of piperidine rings is 1. The van der Waals surface area contributed by atoms with E-state index in [1.165, 1.54) is 22.5 Å². The van der Waals surface area contributed by atoms with Crippen LogP contribution in [0.15, 0.2) is 36.5 Å². The standard InChI is InChI=1S/C25H32N6O2S/c1-18-5-3-7-22(19(18)2)29-15-13-28(14-16-29)17-21-6-4-10-31(21)25-27-26-24(34-25)30-11-8-20(9-12-30)23(32)33/h3-7,10,20H,8-9,11-17H2,1-2H3,(H,32,33). The number of aromatic nitrogens is 3. The van der Waals surface area contributed by atoms with Crippen LogP contribution in [-0.4, -0.2) is 70.0 Å². The SMILES string of the molecule is Cc1cccc(N2CCN(Cc3cccn3-c3nnc(N4CCC(C(=O)O)CC4)s3)CC2)c1C. The van der Waals surface area contributed by atoms with E-state index in [2.05, 4.69) is 79.8 Å². The van der Waals surface area contributed by atoms with Crippen molar-refractivity contribution in [2.75, 3.05) is 49.1 Å². The summed E-state index contributed by atoms with van der Waals surface area (Å²) >= 11 is 1.58. The highest BCUT2D eigenvalue weighted by Gasteiger charge is 2.27. The molecule has 8 nitrogen and oxygen atoms in total. The maximum absolute atomic E-state index is 11.2. The number of anilines is 2. The predicted molar refractivity (Wildman–Crippen MR) is 135 cm³/mol. The van der Waals surface area contributed by atoms with Crippen molar-refractivity contribution in [2.24, 2.45) is 5.92 Å². The van der Waals surface area contributed by atoms with Gasteiger partial charge in [0.1, 0.15) is 0 Å². The Hall–Kier alpha value is -2.91. The first-order valence-corrected chi connectivity index (χ1v) is 12.8. The number of carbonyl (C=O) groups is 1. The van der Waals surface area contributed by atoms with Gasteiger partial charge in [-0.25, -0.2) is 0 Å². The Balaban J connectivity index is 1.21. The number of nitrogens with zero attached hydrogens (tertiary/aromatic N) is 6. The number of piperazine rings is 1. The van der Waals surface area contributed by atoms with Gasteiger partial charge >= 0.3 is 5.97 Å². The second-order valence-electron chi connectivity index (χ2n) is 9.32. The molecule has 34 heavy (non-hydrogen) atoms. The van der Waals surface area contributed by atoms with Crippen LogP contribution in [0, 0.1) is 19.8 Å². The van der Waals surface area contributed by atoms with Crippen LogP contribution in [0.3, 0.4) is 0 Å². The van der Waals surface area contributed by atoms with Crippen LogP contribution in [0.1, 0.15) is 29.7 Å². The van der Waals surface area contributed by atoms with Crippen molar-refractivity contribution in [3.63, 3.8) is 0 Å². The van der Waals surface area contributed by atoms with Crippen LogP contribution < -0.4 is 9.80 Å². The third kappa shape index (κ3) is 4.67. The van der Waals surface area contributed by atoms with Crippen LogP contribution in [-0.2, 0) is 11.3 Å². The van der Waals surface area contributed by atoms with Gasteiger partial charge in [0.25, 0.3) is 0 Å². The molecule has 0 amide bonds. The van der Waals surface area contributed by atoms with Crippen LogP contribution in [0.4, 0.5) is 10.8 Å². The highest BCUT2D eigenvalue weighted by molar-refractivity contribution is 7.17. The number of hydrogen-bond acceptors (Lipinski definition) is 7. The molecule has 2 aliphatic heterocycles. The second-order valence-corrected chi connectivity index (χ2v) is 10.3. The first kappa shape index (κ1) is 22.9. The monoisotopic (exact) mass is 480 g/mol. The van der Waals surface area contributed by atoms with Gasteiger partial charge in [0, 0.05) is 63.4 Å². The number of benzene rings is 1. The summed E-state index contributed by atoms with van der Waals surface area (Å²) in [6.07, 6.45) is 3.38. The maximum atomic E-state index is 11.2. The zero-order valence-electron chi connectivity index (χ0n) is 19.9. The van der Waals surface area contributed by atoms with E-state index in [1.54, 1.807) is 11.3 Å². The molecule has 1 aromatic carbocycles. The fraction of sp³-hybridized carbons (Fsp3) is 0.480. The molecule has 2 aromatic heterocycles. The number of rotatable bonds is 6. The minimum absolute atomic E-state index is 0.241. The van der Waals surface area contributed by atoms with Crippen LogP contribution in [0.2, 0.25) is 0 Å². The van der Waals surface area contributed by atoms with Crippen molar-refractivity contribution in [3.8, 4) is 5.13 Å². The topological polar surface area (TPSA) is 77.7 Å². The lowest BCUT2D eigenvalue weighted by Gasteiger charge is -2.37. The molecule has 2 saturated heterocycles. The fourth-order valence-corrected chi connectivity index (χ4v) is 5.85. The number of aliphatic carboxylic acids is 1. The molecule has 180 valence electrons. The third-order valence-electron chi connectivity index (χ3n) is 7.23. The first-order chi connectivity index (χ1) is 16.5. The number of carboxylic acids is 1. The highest BCUT2D eigenvalue weighted by Crippen LogP contribution is 2.29. The lowest BCUT2D eigenvalue weighted by molar-refractivity contribution is -0.142. The van der Waals surface area contributed by atoms with E-state index in [0.29, 0.717) is 12.8 Å². The van der Waals surface area contributed by atoms with E-state index >= 15 is 0 Å². The molecule has 5 rings (SSSR count). The van der Waals surface area contributed by atoms with E-state index < -0.39 is 5.97 Å². The predicted octanol–water partition coefficient (Wildman–Crippen LogP) is 3.57. The third-order valence-corrected chi connectivity index (χ3v) is 8.22. The highest BCUT2D eigenvalue weighted by atomic mass is 32.1. The Morgan fingerprint density at radius 2 is 1.71 bits per heavy atom. The van der Waals surface area contributed by atoms with Gasteiger partial charge in [-0.3, -0.25) is 14.3 Å². The van der Waals surface area contributed by atoms with Crippen LogP contribution in [0.25, 0.3) is 5.13 Å². The summed E-state index contributed by atoms with van der Waals surface area (Å²) in [4.78, 5) is 18.4. The minimum atomic E-state index is -0.690. The smallest absolute Gasteiger partial charge is 0.306 e. The Morgan fingerprint density at radius 1 is 0.971 bits per heavy atom. The molecule has 4 heterocycles. The Labute approximate surface area is 204 Å². The quantitative estimate of drug-likeness (QED) is 0.578. The van der Waals surface area contributed by atoms with Crippen molar-refractivity contribution < 1.29 is 9.90 Å². The lowest BCUT2D eigenvalue weighted by atomic mass is 9.98. The normalized spacial score (nSPS) is 17.9. The van der Waals surface area contributed by atoms with E-state index in [1.807, 2.05) is 0 Å². The van der Waals surface area contributed by atoms with E-state index in [0.717, 1.165) is 56.1 Å². The average molecular weight is 481 g/mol. The molecule has 0 aliphatic carbocycles. The van der Waals surface area contributed by atoms with E-state index in [-0.39, 0.29) is 5.92 Å². The zero-order valence-corrected chi connectivity index (χ0v) is 20.7. The Kier molecular flexibility index (Phi) is 6.56. The second kappa shape index (κ2) is 9.76.